The molecule has 0 fully saturated rings. The largest absolute Gasteiger partial charge is 0.459 e. The van der Waals surface area contributed by atoms with Crippen LogP contribution in [0, 0.1) is 6.92 Å². The Morgan fingerprint density at radius 1 is 1.39 bits per heavy atom. The summed E-state index contributed by atoms with van der Waals surface area (Å²) < 4.78 is 16.4. The summed E-state index contributed by atoms with van der Waals surface area (Å²) in [5.74, 6) is -0.339. The summed E-state index contributed by atoms with van der Waals surface area (Å²) in [7, 11) is 0. The van der Waals surface area contributed by atoms with E-state index < -0.39 is 11.7 Å². The lowest BCUT2D eigenvalue weighted by Gasteiger charge is -2.03. The number of halogens is 1. The number of esters is 1. The van der Waals surface area contributed by atoms with Gasteiger partial charge in [0.2, 0.25) is 0 Å². The average Bonchev–Trinajstić information content (AvgIpc) is 3.05. The number of hydrogen-bond donors (Lipinski definition) is 0. The van der Waals surface area contributed by atoms with Gasteiger partial charge in [-0.1, -0.05) is 16.8 Å². The van der Waals surface area contributed by atoms with Crippen LogP contribution in [0.5, 0.6) is 0 Å². The van der Waals surface area contributed by atoms with E-state index in [1.54, 1.807) is 31.2 Å². The first kappa shape index (κ1) is 15.4. The maximum Gasteiger partial charge on any atom is 0.419 e. The van der Waals surface area contributed by atoms with Crippen LogP contribution in [0.4, 0.5) is 0 Å². The second-order valence-corrected chi connectivity index (χ2v) is 5.41. The van der Waals surface area contributed by atoms with Gasteiger partial charge in [0.25, 0.3) is 0 Å². The van der Waals surface area contributed by atoms with E-state index in [0.717, 1.165) is 0 Å². The fraction of sp³-hybridized carbons (Fsp3) is 0.267. The van der Waals surface area contributed by atoms with E-state index in [1.807, 2.05) is 0 Å². The molecule has 0 aliphatic rings. The lowest BCUT2D eigenvalue weighted by Crippen LogP contribution is -2.17. The predicted molar refractivity (Wildman–Crippen MR) is 81.1 cm³/mol. The molecule has 7 nitrogen and oxygen atoms in total. The van der Waals surface area contributed by atoms with Crippen LogP contribution in [0.15, 0.2) is 38.0 Å². The number of rotatable bonds is 5. The molecule has 0 aliphatic heterocycles. The van der Waals surface area contributed by atoms with E-state index in [-0.39, 0.29) is 19.6 Å². The molecule has 0 saturated heterocycles. The molecule has 8 heteroatoms. The van der Waals surface area contributed by atoms with Gasteiger partial charge in [-0.15, -0.1) is 0 Å². The zero-order valence-corrected chi connectivity index (χ0v) is 13.0. The smallest absolute Gasteiger partial charge is 0.419 e. The van der Waals surface area contributed by atoms with Crippen molar-refractivity contribution in [1.82, 2.24) is 9.72 Å². The molecule has 0 radical (unpaired) electrons. The Hall–Kier alpha value is -2.54. The Bertz CT molecular complexity index is 908. The normalized spacial score (nSPS) is 11.0. The first-order chi connectivity index (χ1) is 11.0. The second kappa shape index (κ2) is 6.29. The van der Waals surface area contributed by atoms with E-state index in [2.05, 4.69) is 5.16 Å². The van der Waals surface area contributed by atoms with Crippen molar-refractivity contribution >= 4 is 28.7 Å². The fourth-order valence-corrected chi connectivity index (χ4v) is 2.33. The van der Waals surface area contributed by atoms with Gasteiger partial charge in [0.05, 0.1) is 11.9 Å². The lowest BCUT2D eigenvalue weighted by atomic mass is 10.3. The minimum atomic E-state index is -0.540. The molecule has 120 valence electrons. The summed E-state index contributed by atoms with van der Waals surface area (Å²) in [5, 5.41) is 4.20. The molecular weight excluding hydrogens is 324 g/mol. The van der Waals surface area contributed by atoms with Crippen molar-refractivity contribution in [2.45, 2.75) is 26.5 Å². The number of aromatic nitrogens is 2. The highest BCUT2D eigenvalue weighted by atomic mass is 35.5. The molecule has 1 aromatic carbocycles. The fourth-order valence-electron chi connectivity index (χ4n) is 2.17. The maximum atomic E-state index is 11.8. The van der Waals surface area contributed by atoms with Crippen LogP contribution in [0.2, 0.25) is 5.02 Å². The molecule has 2 aromatic heterocycles. The van der Waals surface area contributed by atoms with Crippen molar-refractivity contribution in [3.63, 3.8) is 0 Å². The van der Waals surface area contributed by atoms with E-state index in [9.17, 15) is 9.59 Å². The van der Waals surface area contributed by atoms with E-state index in [1.165, 1.54) is 4.57 Å². The molecular formula is C15H13ClN2O5. The standard InChI is InChI=1S/C15H13ClN2O5/c1-9-6-11(17-23-9)8-21-14(19)4-5-18-12-3-2-10(16)7-13(12)22-15(18)20/h2-3,6-7H,4-5,8H2,1H3. The van der Waals surface area contributed by atoms with Gasteiger partial charge < -0.3 is 13.7 Å². The predicted octanol–water partition coefficient (Wildman–Crippen LogP) is 2.68. The monoisotopic (exact) mass is 336 g/mol. The molecule has 0 N–H and O–H groups in total. The topological polar surface area (TPSA) is 87.5 Å². The van der Waals surface area contributed by atoms with Gasteiger partial charge in [0, 0.05) is 23.7 Å². The van der Waals surface area contributed by atoms with Gasteiger partial charge in [-0.2, -0.15) is 0 Å². The molecule has 3 aromatic rings. The van der Waals surface area contributed by atoms with Crippen LogP contribution in [0.1, 0.15) is 17.9 Å². The molecule has 0 amide bonds. The average molecular weight is 337 g/mol. The van der Waals surface area contributed by atoms with E-state index in [0.29, 0.717) is 27.6 Å². The maximum absolute atomic E-state index is 11.8. The highest BCUT2D eigenvalue weighted by Crippen LogP contribution is 2.18. The Labute approximate surface area is 135 Å². The Morgan fingerprint density at radius 2 is 2.22 bits per heavy atom. The third kappa shape index (κ3) is 3.45. The van der Waals surface area contributed by atoms with Crippen molar-refractivity contribution in [2.75, 3.05) is 0 Å². The number of fused-ring (bicyclic) bond motifs is 1. The third-order valence-corrected chi connectivity index (χ3v) is 3.46. The molecule has 0 unspecified atom stereocenters. The molecule has 0 bridgehead atoms. The number of oxazole rings is 1. The van der Waals surface area contributed by atoms with Gasteiger partial charge in [-0.25, -0.2) is 4.79 Å². The number of carbonyl (C=O) groups excluding carboxylic acids is 1. The summed E-state index contributed by atoms with van der Waals surface area (Å²) in [4.78, 5) is 23.6. The van der Waals surface area contributed by atoms with Crippen molar-refractivity contribution < 1.29 is 18.5 Å². The molecule has 23 heavy (non-hydrogen) atoms. The number of aryl methyl sites for hydroxylation is 2. The van der Waals surface area contributed by atoms with Gasteiger partial charge in [0.15, 0.2) is 5.58 Å². The second-order valence-electron chi connectivity index (χ2n) is 4.97. The van der Waals surface area contributed by atoms with Crippen LogP contribution < -0.4 is 5.76 Å². The minimum absolute atomic E-state index is 0.0345. The number of carbonyl (C=O) groups is 1. The number of nitrogens with zero attached hydrogens (tertiary/aromatic N) is 2. The number of ether oxygens (including phenoxy) is 1. The van der Waals surface area contributed by atoms with Crippen molar-refractivity contribution in [3.05, 3.63) is 51.3 Å². The summed E-state index contributed by atoms with van der Waals surface area (Å²) in [5.41, 5.74) is 1.50. The first-order valence-corrected chi connectivity index (χ1v) is 7.27. The van der Waals surface area contributed by atoms with Crippen LogP contribution >= 0.6 is 11.6 Å². The van der Waals surface area contributed by atoms with Crippen LogP contribution in [0.25, 0.3) is 11.1 Å². The number of hydrogen-bond acceptors (Lipinski definition) is 6. The van der Waals surface area contributed by atoms with E-state index in [4.69, 9.17) is 25.3 Å². The van der Waals surface area contributed by atoms with Crippen molar-refractivity contribution in [3.8, 4) is 0 Å². The molecule has 3 rings (SSSR count). The molecule has 0 atom stereocenters. The SMILES string of the molecule is Cc1cc(COC(=O)CCn2c(=O)oc3cc(Cl)ccc32)no1. The summed E-state index contributed by atoms with van der Waals surface area (Å²) in [6.45, 7) is 1.94. The highest BCUT2D eigenvalue weighted by molar-refractivity contribution is 6.31. The van der Waals surface area contributed by atoms with Crippen LogP contribution in [0.3, 0.4) is 0 Å². The van der Waals surface area contributed by atoms with Crippen LogP contribution in [-0.2, 0) is 22.7 Å². The summed E-state index contributed by atoms with van der Waals surface area (Å²) >= 11 is 5.85. The van der Waals surface area contributed by atoms with Gasteiger partial charge >= 0.3 is 11.7 Å². The Morgan fingerprint density at radius 3 is 2.96 bits per heavy atom. The zero-order chi connectivity index (χ0) is 16.4. The third-order valence-electron chi connectivity index (χ3n) is 3.23. The summed E-state index contributed by atoms with van der Waals surface area (Å²) in [6.07, 6.45) is 0.0357. The quantitative estimate of drug-likeness (QED) is 0.666. The Kier molecular flexibility index (Phi) is 4.20. The Balaban J connectivity index is 1.63. The number of benzene rings is 1. The summed E-state index contributed by atoms with van der Waals surface area (Å²) in [6, 6.07) is 6.57. The van der Waals surface area contributed by atoms with Crippen LogP contribution in [-0.4, -0.2) is 15.7 Å². The molecule has 0 saturated carbocycles. The van der Waals surface area contributed by atoms with Gasteiger partial charge in [0.1, 0.15) is 18.1 Å². The van der Waals surface area contributed by atoms with Crippen molar-refractivity contribution in [1.29, 1.82) is 0 Å². The first-order valence-electron chi connectivity index (χ1n) is 6.89. The van der Waals surface area contributed by atoms with E-state index >= 15 is 0 Å². The molecule has 0 aliphatic carbocycles. The zero-order valence-electron chi connectivity index (χ0n) is 12.2. The lowest BCUT2D eigenvalue weighted by molar-refractivity contribution is -0.145. The minimum Gasteiger partial charge on any atom is -0.459 e. The van der Waals surface area contributed by atoms with Gasteiger partial charge in [-0.3, -0.25) is 9.36 Å². The molecule has 2 heterocycles. The van der Waals surface area contributed by atoms with Crippen molar-refractivity contribution in [2.24, 2.45) is 0 Å². The highest BCUT2D eigenvalue weighted by Gasteiger charge is 2.12. The molecule has 0 spiro atoms. The van der Waals surface area contributed by atoms with Gasteiger partial charge in [-0.05, 0) is 19.1 Å².